The number of amides is 4. The summed E-state index contributed by atoms with van der Waals surface area (Å²) in [4.78, 5) is 64.5. The number of hydrogen-bond acceptors (Lipinski definition) is 7. The predicted octanol–water partition coefficient (Wildman–Crippen LogP) is 3.40. The van der Waals surface area contributed by atoms with Crippen LogP contribution in [0.15, 0.2) is 18.2 Å². The van der Waals surface area contributed by atoms with E-state index in [1.165, 1.54) is 30.0 Å². The van der Waals surface area contributed by atoms with Gasteiger partial charge in [-0.3, -0.25) is 24.0 Å². The minimum Gasteiger partial charge on any atom is -0.433 e. The van der Waals surface area contributed by atoms with Crippen molar-refractivity contribution >= 4 is 46.9 Å². The van der Waals surface area contributed by atoms with E-state index in [0.29, 0.717) is 36.9 Å². The average Bonchev–Trinajstić information content (AvgIpc) is 3.55. The van der Waals surface area contributed by atoms with Crippen molar-refractivity contribution in [1.29, 1.82) is 0 Å². The van der Waals surface area contributed by atoms with Crippen LogP contribution in [0, 0.1) is 11.8 Å². The monoisotopic (exact) mass is 604 g/mol. The van der Waals surface area contributed by atoms with Gasteiger partial charge < -0.3 is 30.3 Å². The van der Waals surface area contributed by atoms with Gasteiger partial charge in [0.05, 0.1) is 23.2 Å². The van der Waals surface area contributed by atoms with Gasteiger partial charge in [0.2, 0.25) is 24.0 Å². The number of anilines is 1. The molecule has 2 saturated heterocycles. The summed E-state index contributed by atoms with van der Waals surface area (Å²) in [5.41, 5.74) is 0.593. The predicted molar refractivity (Wildman–Crippen MR) is 156 cm³/mol. The van der Waals surface area contributed by atoms with E-state index in [1.807, 2.05) is 0 Å². The first kappa shape index (κ1) is 31.7. The number of ether oxygens (including phenoxy) is 2. The van der Waals surface area contributed by atoms with Gasteiger partial charge >= 0.3 is 5.97 Å². The summed E-state index contributed by atoms with van der Waals surface area (Å²) >= 11 is 6.19. The molecule has 3 N–H and O–H groups in total. The van der Waals surface area contributed by atoms with Gasteiger partial charge in [-0.1, -0.05) is 38.3 Å². The summed E-state index contributed by atoms with van der Waals surface area (Å²) < 4.78 is 11.8. The van der Waals surface area contributed by atoms with Crippen molar-refractivity contribution in [1.82, 2.24) is 15.5 Å². The fourth-order valence-electron chi connectivity index (χ4n) is 6.13. The van der Waals surface area contributed by atoms with Crippen LogP contribution in [0.25, 0.3) is 0 Å². The number of carbonyl (C=O) groups is 5. The summed E-state index contributed by atoms with van der Waals surface area (Å²) in [7, 11) is 0. The lowest BCUT2D eigenvalue weighted by Crippen LogP contribution is -2.55. The number of rotatable bonds is 9. The molecule has 42 heavy (non-hydrogen) atoms. The summed E-state index contributed by atoms with van der Waals surface area (Å²) in [6, 6.07) is 2.13. The van der Waals surface area contributed by atoms with E-state index in [-0.39, 0.29) is 34.9 Å². The summed E-state index contributed by atoms with van der Waals surface area (Å²) in [6.07, 6.45) is 4.34. The molecule has 6 atom stereocenters. The SMILES string of the molecule is CC(=O)Nc1ccc(C(=O)N[C@@H](C)C(=O)N2CCC[C@H]2C(=O)NC2CC(=O)OC2O[C@H]2CCCCC2C(C)C)cc1Cl. The summed E-state index contributed by atoms with van der Waals surface area (Å²) in [5, 5.41) is 8.35. The third kappa shape index (κ3) is 7.60. The Bertz CT molecular complexity index is 1210. The fourth-order valence-corrected chi connectivity index (χ4v) is 6.35. The van der Waals surface area contributed by atoms with Crippen molar-refractivity contribution in [2.24, 2.45) is 11.8 Å². The maximum absolute atomic E-state index is 13.4. The van der Waals surface area contributed by atoms with Gasteiger partial charge in [0.25, 0.3) is 5.91 Å². The third-order valence-corrected chi connectivity index (χ3v) is 8.62. The van der Waals surface area contributed by atoms with Crippen LogP contribution in [0.4, 0.5) is 5.69 Å². The van der Waals surface area contributed by atoms with Gasteiger partial charge in [0.1, 0.15) is 18.1 Å². The number of cyclic esters (lactones) is 1. The molecule has 0 bridgehead atoms. The first-order valence-electron chi connectivity index (χ1n) is 14.8. The Balaban J connectivity index is 1.35. The number of nitrogens with zero attached hydrogens (tertiary/aromatic N) is 1. The highest BCUT2D eigenvalue weighted by molar-refractivity contribution is 6.34. The molecule has 4 rings (SSSR count). The standard InChI is InChI=1S/C30H41ClN4O7/c1-16(2)20-8-5-6-10-25(20)41-30-23(15-26(37)42-30)34-28(39)24-9-7-13-35(24)29(40)17(3)32-27(38)19-11-12-22(21(31)14-19)33-18(4)36/h11-12,14,16-17,20,23-25,30H,5-10,13,15H2,1-4H3,(H,32,38)(H,33,36)(H,34,39)/t17-,20?,23?,24-,25-,30?/m0/s1. The minimum absolute atomic E-state index is 0.00584. The number of likely N-dealkylation sites (tertiary alicyclic amines) is 1. The van der Waals surface area contributed by atoms with Gasteiger partial charge in [0, 0.05) is 19.0 Å². The fraction of sp³-hybridized carbons (Fsp3) is 0.633. The number of halogens is 1. The van der Waals surface area contributed by atoms with Crippen molar-refractivity contribution < 1.29 is 33.4 Å². The molecule has 1 aromatic carbocycles. The molecule has 0 radical (unpaired) electrons. The highest BCUT2D eigenvalue weighted by Gasteiger charge is 2.43. The molecule has 12 heteroatoms. The van der Waals surface area contributed by atoms with E-state index in [1.54, 1.807) is 6.92 Å². The second kappa shape index (κ2) is 13.9. The van der Waals surface area contributed by atoms with E-state index >= 15 is 0 Å². The smallest absolute Gasteiger partial charge is 0.310 e. The maximum atomic E-state index is 13.4. The molecule has 0 aromatic heterocycles. The number of nitrogens with one attached hydrogen (secondary N) is 3. The Labute approximate surface area is 251 Å². The van der Waals surface area contributed by atoms with E-state index in [0.717, 1.165) is 25.7 Å². The molecule has 3 unspecified atom stereocenters. The van der Waals surface area contributed by atoms with Crippen molar-refractivity contribution in [3.05, 3.63) is 28.8 Å². The Morgan fingerprint density at radius 3 is 2.50 bits per heavy atom. The zero-order valence-electron chi connectivity index (χ0n) is 24.6. The molecule has 4 amide bonds. The van der Waals surface area contributed by atoms with Gasteiger partial charge in [-0.25, -0.2) is 0 Å². The first-order valence-corrected chi connectivity index (χ1v) is 15.2. The zero-order valence-corrected chi connectivity index (χ0v) is 25.4. The largest absolute Gasteiger partial charge is 0.433 e. The quantitative estimate of drug-likeness (QED) is 0.367. The van der Waals surface area contributed by atoms with Crippen molar-refractivity contribution in [2.75, 3.05) is 11.9 Å². The van der Waals surface area contributed by atoms with Crippen LogP contribution < -0.4 is 16.0 Å². The summed E-state index contributed by atoms with van der Waals surface area (Å²) in [6.45, 7) is 7.61. The molecule has 2 heterocycles. The van der Waals surface area contributed by atoms with Crippen LogP contribution in [0.1, 0.15) is 83.0 Å². The number of esters is 1. The lowest BCUT2D eigenvalue weighted by atomic mass is 9.79. The lowest BCUT2D eigenvalue weighted by molar-refractivity contribution is -0.189. The Morgan fingerprint density at radius 2 is 1.81 bits per heavy atom. The lowest BCUT2D eigenvalue weighted by Gasteiger charge is -2.36. The highest BCUT2D eigenvalue weighted by Crippen LogP contribution is 2.34. The number of benzene rings is 1. The summed E-state index contributed by atoms with van der Waals surface area (Å²) in [5.74, 6) is -1.21. The topological polar surface area (TPSA) is 143 Å². The molecule has 3 aliphatic rings. The van der Waals surface area contributed by atoms with Crippen LogP contribution in [0.3, 0.4) is 0 Å². The molecule has 0 spiro atoms. The van der Waals surface area contributed by atoms with Crippen LogP contribution in [0.2, 0.25) is 5.02 Å². The van der Waals surface area contributed by atoms with E-state index in [4.69, 9.17) is 21.1 Å². The number of hydrogen-bond donors (Lipinski definition) is 3. The van der Waals surface area contributed by atoms with Crippen molar-refractivity contribution in [2.45, 2.75) is 103 Å². The normalized spacial score (nSPS) is 26.5. The molecule has 1 aromatic rings. The van der Waals surface area contributed by atoms with E-state index in [9.17, 15) is 24.0 Å². The van der Waals surface area contributed by atoms with E-state index < -0.39 is 42.2 Å². The van der Waals surface area contributed by atoms with Gasteiger partial charge in [-0.05, 0) is 62.6 Å². The van der Waals surface area contributed by atoms with Crippen molar-refractivity contribution in [3.8, 4) is 0 Å². The molecular formula is C30H41ClN4O7. The molecule has 1 aliphatic carbocycles. The van der Waals surface area contributed by atoms with Gasteiger partial charge in [-0.2, -0.15) is 0 Å². The first-order chi connectivity index (χ1) is 19.9. The molecular weight excluding hydrogens is 564 g/mol. The molecule has 1 saturated carbocycles. The number of carbonyl (C=O) groups excluding carboxylic acids is 5. The zero-order chi connectivity index (χ0) is 30.6. The van der Waals surface area contributed by atoms with Crippen LogP contribution in [-0.2, 0) is 28.7 Å². The van der Waals surface area contributed by atoms with Crippen LogP contribution in [0.5, 0.6) is 0 Å². The van der Waals surface area contributed by atoms with Crippen LogP contribution in [-0.4, -0.2) is 71.6 Å². The average molecular weight is 605 g/mol. The Kier molecular flexibility index (Phi) is 10.5. The highest BCUT2D eigenvalue weighted by atomic mass is 35.5. The van der Waals surface area contributed by atoms with Gasteiger partial charge in [0.15, 0.2) is 0 Å². The van der Waals surface area contributed by atoms with E-state index in [2.05, 4.69) is 29.8 Å². The van der Waals surface area contributed by atoms with Gasteiger partial charge in [-0.15, -0.1) is 0 Å². The second-order valence-electron chi connectivity index (χ2n) is 11.8. The van der Waals surface area contributed by atoms with Crippen molar-refractivity contribution in [3.63, 3.8) is 0 Å². The second-order valence-corrected chi connectivity index (χ2v) is 12.2. The van der Waals surface area contributed by atoms with Crippen LogP contribution >= 0.6 is 11.6 Å². The molecule has 11 nitrogen and oxygen atoms in total. The Morgan fingerprint density at radius 1 is 1.07 bits per heavy atom. The Hall–Kier alpha value is -3.18. The molecule has 2 aliphatic heterocycles. The molecule has 230 valence electrons. The maximum Gasteiger partial charge on any atom is 0.310 e. The minimum atomic E-state index is -0.911. The third-order valence-electron chi connectivity index (χ3n) is 8.31. The molecule has 3 fully saturated rings.